The molecule has 30 heavy (non-hydrogen) atoms. The van der Waals surface area contributed by atoms with Gasteiger partial charge in [0.25, 0.3) is 5.91 Å². The second-order valence-corrected chi connectivity index (χ2v) is 9.14. The third-order valence-corrected chi connectivity index (χ3v) is 7.01. The number of aromatic nitrogens is 2. The van der Waals surface area contributed by atoms with Crippen LogP contribution >= 0.6 is 0 Å². The van der Waals surface area contributed by atoms with Crippen LogP contribution in [0.25, 0.3) is 11.0 Å². The number of amides is 1. The average Bonchev–Trinajstić information content (AvgIpc) is 3.09. The quantitative estimate of drug-likeness (QED) is 0.649. The maximum Gasteiger partial charge on any atom is 0.326 e. The number of hydrogen-bond donors (Lipinski definition) is 2. The molecular weight excluding hydrogens is 404 g/mol. The van der Waals surface area contributed by atoms with E-state index >= 15 is 0 Å². The molecule has 9 heteroatoms. The maximum absolute atomic E-state index is 12.9. The number of hydrogen-bond acceptors (Lipinski definition) is 4. The number of rotatable bonds is 5. The lowest BCUT2D eigenvalue weighted by Crippen LogP contribution is -2.40. The summed E-state index contributed by atoms with van der Waals surface area (Å²) in [6, 6.07) is 13.7. The number of nitrogens with one attached hydrogen (secondary N) is 2. The highest BCUT2D eigenvalue weighted by Crippen LogP contribution is 2.26. The van der Waals surface area contributed by atoms with Crippen molar-refractivity contribution in [1.29, 1.82) is 0 Å². The van der Waals surface area contributed by atoms with Crippen molar-refractivity contribution in [3.8, 4) is 0 Å². The van der Waals surface area contributed by atoms with Crippen LogP contribution in [0, 0.1) is 0 Å². The van der Waals surface area contributed by atoms with E-state index in [9.17, 15) is 18.0 Å². The van der Waals surface area contributed by atoms with Crippen molar-refractivity contribution in [2.45, 2.75) is 30.7 Å². The van der Waals surface area contributed by atoms with Crippen LogP contribution in [0.1, 0.15) is 36.2 Å². The van der Waals surface area contributed by atoms with Gasteiger partial charge in [-0.1, -0.05) is 25.1 Å². The molecule has 0 atom stereocenters. The first-order valence-corrected chi connectivity index (χ1v) is 11.5. The number of benzene rings is 2. The first kappa shape index (κ1) is 20.4. The molecule has 2 N–H and O–H groups in total. The Morgan fingerprint density at radius 1 is 1.13 bits per heavy atom. The summed E-state index contributed by atoms with van der Waals surface area (Å²) in [5, 5.41) is 0. The van der Waals surface area contributed by atoms with Gasteiger partial charge in [-0.05, 0) is 43.2 Å². The molecule has 0 aliphatic carbocycles. The Kier molecular flexibility index (Phi) is 5.48. The predicted octanol–water partition coefficient (Wildman–Crippen LogP) is 2.11. The molecule has 0 bridgehead atoms. The fourth-order valence-electron chi connectivity index (χ4n) is 4.02. The highest BCUT2D eigenvalue weighted by molar-refractivity contribution is 7.89. The molecule has 1 amide bonds. The molecule has 8 nitrogen and oxygen atoms in total. The molecule has 158 valence electrons. The molecule has 0 radical (unpaired) electrons. The number of nitrogens with zero attached hydrogens (tertiary/aromatic N) is 2. The van der Waals surface area contributed by atoms with E-state index in [0.717, 1.165) is 11.0 Å². The second-order valence-electron chi connectivity index (χ2n) is 7.37. The first-order valence-electron chi connectivity index (χ1n) is 9.99. The third kappa shape index (κ3) is 3.78. The Hall–Kier alpha value is -2.91. The number of carbonyl (C=O) groups excluding carboxylic acids is 1. The Bertz CT molecular complexity index is 1240. The molecule has 0 saturated carbocycles. The molecule has 1 fully saturated rings. The van der Waals surface area contributed by atoms with E-state index in [1.165, 1.54) is 12.1 Å². The van der Waals surface area contributed by atoms with E-state index in [-0.39, 0.29) is 29.1 Å². The Labute approximate surface area is 174 Å². The largest absolute Gasteiger partial charge is 0.338 e. The van der Waals surface area contributed by atoms with Gasteiger partial charge in [-0.2, -0.15) is 0 Å². The van der Waals surface area contributed by atoms with Gasteiger partial charge in [0.15, 0.2) is 0 Å². The second kappa shape index (κ2) is 8.08. The lowest BCUT2D eigenvalue weighted by molar-refractivity contribution is 0.0694. The molecule has 0 unspecified atom stereocenters. The number of sulfonamides is 1. The average molecular weight is 429 g/mol. The zero-order valence-corrected chi connectivity index (χ0v) is 17.5. The van der Waals surface area contributed by atoms with E-state index in [4.69, 9.17) is 0 Å². The zero-order valence-electron chi connectivity index (χ0n) is 16.7. The van der Waals surface area contributed by atoms with Crippen LogP contribution in [0.2, 0.25) is 0 Å². The third-order valence-electron chi connectivity index (χ3n) is 5.47. The number of carbonyl (C=O) groups is 1. The van der Waals surface area contributed by atoms with Crippen molar-refractivity contribution in [3.05, 3.63) is 64.6 Å². The number of imidazole rings is 1. The SMILES string of the molecule is CCNS(=O)(=O)c1cccc(C(=O)N2CCC(n3c(=O)[nH]c4ccccc43)CC2)c1. The van der Waals surface area contributed by atoms with Crippen LogP contribution in [-0.2, 0) is 10.0 Å². The van der Waals surface area contributed by atoms with Crippen LogP contribution in [0.4, 0.5) is 0 Å². The van der Waals surface area contributed by atoms with E-state index in [0.29, 0.717) is 31.5 Å². The Balaban J connectivity index is 1.50. The summed E-state index contributed by atoms with van der Waals surface area (Å²) in [6.45, 7) is 2.98. The minimum Gasteiger partial charge on any atom is -0.338 e. The van der Waals surface area contributed by atoms with E-state index < -0.39 is 10.0 Å². The standard InChI is InChI=1S/C21H24N4O4S/c1-2-22-30(28,29)17-7-5-6-15(14-17)20(26)24-12-10-16(11-13-24)25-19-9-4-3-8-18(19)23-21(25)27/h3-9,14,16,22H,2,10-13H2,1H3,(H,23,27). The Morgan fingerprint density at radius 2 is 1.87 bits per heavy atom. The van der Waals surface area contributed by atoms with Gasteiger partial charge in [0.1, 0.15) is 0 Å². The fourth-order valence-corrected chi connectivity index (χ4v) is 5.10. The highest BCUT2D eigenvalue weighted by Gasteiger charge is 2.27. The monoisotopic (exact) mass is 428 g/mol. The van der Waals surface area contributed by atoms with Gasteiger partial charge >= 0.3 is 5.69 Å². The number of H-pyrrole nitrogens is 1. The molecule has 1 saturated heterocycles. The number of likely N-dealkylation sites (tertiary alicyclic amines) is 1. The summed E-state index contributed by atoms with van der Waals surface area (Å²) in [5.74, 6) is -0.201. The molecule has 1 aliphatic rings. The molecule has 2 heterocycles. The topological polar surface area (TPSA) is 104 Å². The van der Waals surface area contributed by atoms with Crippen molar-refractivity contribution in [2.24, 2.45) is 0 Å². The zero-order chi connectivity index (χ0) is 21.3. The van der Waals surface area contributed by atoms with Gasteiger partial charge in [0.2, 0.25) is 10.0 Å². The smallest absolute Gasteiger partial charge is 0.326 e. The van der Waals surface area contributed by atoms with Gasteiger partial charge in [-0.15, -0.1) is 0 Å². The molecule has 0 spiro atoms. The highest BCUT2D eigenvalue weighted by atomic mass is 32.2. The number of fused-ring (bicyclic) bond motifs is 1. The fraction of sp³-hybridized carbons (Fsp3) is 0.333. The number of piperidine rings is 1. The predicted molar refractivity (Wildman–Crippen MR) is 114 cm³/mol. The number of aromatic amines is 1. The molecular formula is C21H24N4O4S. The molecule has 2 aromatic carbocycles. The lowest BCUT2D eigenvalue weighted by atomic mass is 10.0. The van der Waals surface area contributed by atoms with Crippen molar-refractivity contribution in [2.75, 3.05) is 19.6 Å². The summed E-state index contributed by atoms with van der Waals surface area (Å²) in [5.41, 5.74) is 1.88. The van der Waals surface area contributed by atoms with Crippen LogP contribution < -0.4 is 10.4 Å². The van der Waals surface area contributed by atoms with Crippen molar-refractivity contribution in [1.82, 2.24) is 19.2 Å². The van der Waals surface area contributed by atoms with Crippen LogP contribution in [-0.4, -0.2) is 48.4 Å². The molecule has 1 aromatic heterocycles. The van der Waals surface area contributed by atoms with E-state index in [1.54, 1.807) is 28.5 Å². The van der Waals surface area contributed by atoms with Crippen LogP contribution in [0.5, 0.6) is 0 Å². The maximum atomic E-state index is 12.9. The first-order chi connectivity index (χ1) is 14.4. The van der Waals surface area contributed by atoms with Crippen LogP contribution in [0.3, 0.4) is 0 Å². The minimum atomic E-state index is -3.62. The normalized spacial score (nSPS) is 15.6. The summed E-state index contributed by atoms with van der Waals surface area (Å²) in [6.07, 6.45) is 1.31. The van der Waals surface area contributed by atoms with Gasteiger partial charge in [0, 0.05) is 31.2 Å². The number of para-hydroxylation sites is 2. The summed E-state index contributed by atoms with van der Waals surface area (Å²) < 4.78 is 28.7. The van der Waals surface area contributed by atoms with Gasteiger partial charge < -0.3 is 9.88 Å². The van der Waals surface area contributed by atoms with E-state index in [1.807, 2.05) is 24.3 Å². The summed E-state index contributed by atoms with van der Waals surface area (Å²) in [4.78, 5) is 30.0. The van der Waals surface area contributed by atoms with E-state index in [2.05, 4.69) is 9.71 Å². The van der Waals surface area contributed by atoms with Crippen molar-refractivity contribution < 1.29 is 13.2 Å². The summed E-state index contributed by atoms with van der Waals surface area (Å²) in [7, 11) is -3.62. The molecule has 3 aromatic rings. The lowest BCUT2D eigenvalue weighted by Gasteiger charge is -2.32. The molecule has 4 rings (SSSR count). The van der Waals surface area contributed by atoms with Crippen LogP contribution in [0.15, 0.2) is 58.2 Å². The summed E-state index contributed by atoms with van der Waals surface area (Å²) >= 11 is 0. The Morgan fingerprint density at radius 3 is 2.60 bits per heavy atom. The van der Waals surface area contributed by atoms with Gasteiger partial charge in [-0.25, -0.2) is 17.9 Å². The minimum absolute atomic E-state index is 0.0122. The van der Waals surface area contributed by atoms with Crippen molar-refractivity contribution in [3.63, 3.8) is 0 Å². The van der Waals surface area contributed by atoms with Crippen molar-refractivity contribution >= 4 is 27.0 Å². The van der Waals surface area contributed by atoms with Gasteiger partial charge in [0.05, 0.1) is 15.9 Å². The van der Waals surface area contributed by atoms with Gasteiger partial charge in [-0.3, -0.25) is 9.36 Å². The molecule has 1 aliphatic heterocycles.